The average molecular weight is 454 g/mol. The maximum atomic E-state index is 13.3. The van der Waals surface area contributed by atoms with Crippen molar-refractivity contribution in [3.8, 4) is 5.75 Å². The molecule has 1 N–H and O–H groups in total. The van der Waals surface area contributed by atoms with E-state index >= 15 is 0 Å². The van der Waals surface area contributed by atoms with Crippen LogP contribution in [0.1, 0.15) is 37.7 Å². The minimum atomic E-state index is -4.78. The number of methoxy groups -OCH3 is 1. The number of fused-ring (bicyclic) bond motifs is 2. The van der Waals surface area contributed by atoms with Gasteiger partial charge in [0.2, 0.25) is 0 Å². The Balaban J connectivity index is 1.63. The van der Waals surface area contributed by atoms with Crippen molar-refractivity contribution in [2.24, 2.45) is 0 Å². The summed E-state index contributed by atoms with van der Waals surface area (Å²) in [5.74, 6) is -0.892. The lowest BCUT2D eigenvalue weighted by atomic mass is 9.88. The third-order valence-electron chi connectivity index (χ3n) is 6.40. The fourth-order valence-corrected chi connectivity index (χ4v) is 4.92. The fourth-order valence-electron chi connectivity index (χ4n) is 4.92. The number of benzene rings is 1. The molecule has 1 aromatic carbocycles. The van der Waals surface area contributed by atoms with Crippen molar-refractivity contribution in [2.75, 3.05) is 20.2 Å². The predicted octanol–water partition coefficient (Wildman–Crippen LogP) is 3.33. The van der Waals surface area contributed by atoms with Gasteiger partial charge >= 0.3 is 18.4 Å². The van der Waals surface area contributed by atoms with Gasteiger partial charge in [0, 0.05) is 19.1 Å². The number of alkyl halides is 3. The lowest BCUT2D eigenvalue weighted by molar-refractivity contribution is -0.274. The number of ether oxygens (including phenoxy) is 2. The number of aliphatic hydroxyl groups excluding tert-OH is 1. The molecular weight excluding hydrogens is 429 g/mol. The van der Waals surface area contributed by atoms with Gasteiger partial charge in [-0.05, 0) is 55.4 Å². The van der Waals surface area contributed by atoms with Gasteiger partial charge in [0.1, 0.15) is 5.75 Å². The highest BCUT2D eigenvalue weighted by molar-refractivity contribution is 6.01. The third kappa shape index (κ3) is 4.41. The first-order valence-electron chi connectivity index (χ1n) is 10.6. The van der Waals surface area contributed by atoms with Gasteiger partial charge in [0.05, 0.1) is 24.8 Å². The van der Waals surface area contributed by atoms with Gasteiger partial charge in [-0.1, -0.05) is 12.1 Å². The zero-order valence-corrected chi connectivity index (χ0v) is 17.6. The van der Waals surface area contributed by atoms with Crippen LogP contribution in [0.5, 0.6) is 5.75 Å². The number of amides is 2. The molecule has 3 aliphatic heterocycles. The lowest BCUT2D eigenvalue weighted by Crippen LogP contribution is -2.54. The molecule has 0 aliphatic carbocycles. The Bertz CT molecular complexity index is 907. The van der Waals surface area contributed by atoms with Crippen LogP contribution in [0.3, 0.4) is 0 Å². The van der Waals surface area contributed by atoms with Crippen LogP contribution in [0.15, 0.2) is 29.8 Å². The molecular formula is C22H25F3N2O5. The van der Waals surface area contributed by atoms with Gasteiger partial charge in [-0.15, -0.1) is 13.2 Å². The number of urea groups is 1. The Labute approximate surface area is 183 Å². The largest absolute Gasteiger partial charge is 0.573 e. The SMILES string of the molecule is COC(=O)C1=C(c2ccc(OC(F)(F)F)cc2)C[C@@H]2CC[C@H]1N2C(=O)N1CCC(O)CC1. The summed E-state index contributed by atoms with van der Waals surface area (Å²) in [7, 11) is 1.27. The number of likely N-dealkylation sites (tertiary alicyclic amines) is 1. The van der Waals surface area contributed by atoms with Crippen LogP contribution in [0.4, 0.5) is 18.0 Å². The van der Waals surface area contributed by atoms with Crippen molar-refractivity contribution in [1.82, 2.24) is 9.80 Å². The number of hydrogen-bond donors (Lipinski definition) is 1. The number of hydrogen-bond acceptors (Lipinski definition) is 5. The Morgan fingerprint density at radius 2 is 1.72 bits per heavy atom. The maximum absolute atomic E-state index is 13.3. The maximum Gasteiger partial charge on any atom is 0.573 e. The standard InChI is InChI=1S/C22H25F3N2O5/c1-31-20(29)19-17(13-2-5-16(6-3-13)32-22(23,24)25)12-14-4-7-18(19)27(14)21(30)26-10-8-15(28)9-11-26/h2-3,5-6,14-15,18,28H,4,7-12H2,1H3/t14-,18+/m0/s1. The Morgan fingerprint density at radius 3 is 2.31 bits per heavy atom. The molecule has 4 rings (SSSR count). The highest BCUT2D eigenvalue weighted by Crippen LogP contribution is 2.44. The van der Waals surface area contributed by atoms with Crippen LogP contribution in [0, 0.1) is 0 Å². The van der Waals surface area contributed by atoms with E-state index in [1.165, 1.54) is 31.4 Å². The summed E-state index contributed by atoms with van der Waals surface area (Å²) in [6.07, 6.45) is -2.42. The molecule has 2 amide bonds. The van der Waals surface area contributed by atoms with Crippen LogP contribution < -0.4 is 4.74 Å². The number of piperidine rings is 1. The molecule has 0 spiro atoms. The first-order chi connectivity index (χ1) is 15.2. The van der Waals surface area contributed by atoms with Crippen molar-refractivity contribution < 1.29 is 37.3 Å². The van der Waals surface area contributed by atoms with Crippen LogP contribution in [0.25, 0.3) is 5.57 Å². The van der Waals surface area contributed by atoms with E-state index in [0.29, 0.717) is 61.9 Å². The molecule has 7 nitrogen and oxygen atoms in total. The van der Waals surface area contributed by atoms with E-state index in [2.05, 4.69) is 4.74 Å². The van der Waals surface area contributed by atoms with Crippen molar-refractivity contribution in [2.45, 2.75) is 56.7 Å². The Morgan fingerprint density at radius 1 is 1.06 bits per heavy atom. The topological polar surface area (TPSA) is 79.3 Å². The molecule has 2 fully saturated rings. The van der Waals surface area contributed by atoms with Crippen molar-refractivity contribution in [1.29, 1.82) is 0 Å². The zero-order chi connectivity index (χ0) is 23.0. The van der Waals surface area contributed by atoms with E-state index < -0.39 is 24.5 Å². The number of carbonyl (C=O) groups excluding carboxylic acids is 2. The van der Waals surface area contributed by atoms with Crippen LogP contribution in [0.2, 0.25) is 0 Å². The third-order valence-corrected chi connectivity index (χ3v) is 6.40. The minimum absolute atomic E-state index is 0.117. The number of esters is 1. The zero-order valence-electron chi connectivity index (χ0n) is 17.6. The van der Waals surface area contributed by atoms with Crippen molar-refractivity contribution in [3.05, 3.63) is 35.4 Å². The van der Waals surface area contributed by atoms with Crippen LogP contribution in [-0.4, -0.2) is 71.7 Å². The summed E-state index contributed by atoms with van der Waals surface area (Å²) >= 11 is 0. The number of carbonyl (C=O) groups is 2. The molecule has 2 saturated heterocycles. The molecule has 174 valence electrons. The highest BCUT2D eigenvalue weighted by atomic mass is 19.4. The summed E-state index contributed by atoms with van der Waals surface area (Å²) in [4.78, 5) is 29.5. The number of aliphatic hydroxyl groups is 1. The minimum Gasteiger partial charge on any atom is -0.466 e. The Hall–Kier alpha value is -2.75. The number of halogens is 3. The number of nitrogens with zero attached hydrogens (tertiary/aromatic N) is 2. The van der Waals surface area contributed by atoms with Crippen molar-refractivity contribution >= 4 is 17.6 Å². The average Bonchev–Trinajstić information content (AvgIpc) is 3.06. The predicted molar refractivity (Wildman–Crippen MR) is 108 cm³/mol. The van der Waals surface area contributed by atoms with E-state index in [1.54, 1.807) is 9.80 Å². The molecule has 0 saturated carbocycles. The van der Waals surface area contributed by atoms with E-state index in [0.717, 1.165) is 0 Å². The van der Waals surface area contributed by atoms with Crippen LogP contribution >= 0.6 is 0 Å². The van der Waals surface area contributed by atoms with Gasteiger partial charge in [-0.25, -0.2) is 9.59 Å². The smallest absolute Gasteiger partial charge is 0.466 e. The van der Waals surface area contributed by atoms with Gasteiger partial charge < -0.3 is 24.4 Å². The van der Waals surface area contributed by atoms with Crippen molar-refractivity contribution in [3.63, 3.8) is 0 Å². The molecule has 0 unspecified atom stereocenters. The molecule has 2 bridgehead atoms. The first kappa shape index (κ1) is 22.4. The van der Waals surface area contributed by atoms with E-state index in [4.69, 9.17) is 4.74 Å². The fraction of sp³-hybridized carbons (Fsp3) is 0.545. The molecule has 10 heteroatoms. The first-order valence-corrected chi connectivity index (χ1v) is 10.6. The second-order valence-electron chi connectivity index (χ2n) is 8.32. The second-order valence-corrected chi connectivity index (χ2v) is 8.32. The quantitative estimate of drug-likeness (QED) is 0.709. The van der Waals surface area contributed by atoms with Gasteiger partial charge in [-0.3, -0.25) is 0 Å². The molecule has 0 radical (unpaired) electrons. The molecule has 2 atom stereocenters. The monoisotopic (exact) mass is 454 g/mol. The second kappa shape index (κ2) is 8.65. The lowest BCUT2D eigenvalue weighted by Gasteiger charge is -2.41. The molecule has 3 heterocycles. The summed E-state index contributed by atoms with van der Waals surface area (Å²) in [6, 6.07) is 4.67. The summed E-state index contributed by atoms with van der Waals surface area (Å²) in [6.45, 7) is 0.918. The highest BCUT2D eigenvalue weighted by Gasteiger charge is 2.48. The van der Waals surface area contributed by atoms with E-state index in [-0.39, 0.29) is 17.8 Å². The molecule has 32 heavy (non-hydrogen) atoms. The summed E-state index contributed by atoms with van der Waals surface area (Å²) < 4.78 is 46.3. The van der Waals surface area contributed by atoms with Crippen LogP contribution in [-0.2, 0) is 9.53 Å². The summed E-state index contributed by atoms with van der Waals surface area (Å²) in [5, 5.41) is 9.73. The van der Waals surface area contributed by atoms with Gasteiger partial charge in [0.15, 0.2) is 0 Å². The Kier molecular flexibility index (Phi) is 6.07. The normalized spacial score (nSPS) is 24.0. The van der Waals surface area contributed by atoms with E-state index in [1.807, 2.05) is 0 Å². The summed E-state index contributed by atoms with van der Waals surface area (Å²) in [5.41, 5.74) is 1.65. The number of rotatable bonds is 3. The van der Waals surface area contributed by atoms with E-state index in [9.17, 15) is 27.9 Å². The molecule has 3 aliphatic rings. The van der Waals surface area contributed by atoms with Gasteiger partial charge in [-0.2, -0.15) is 0 Å². The molecule has 1 aromatic rings. The van der Waals surface area contributed by atoms with Gasteiger partial charge in [0.25, 0.3) is 0 Å². The molecule has 0 aromatic heterocycles.